The van der Waals surface area contributed by atoms with Crippen LogP contribution >= 0.6 is 11.8 Å². The molecule has 9 heteroatoms. The van der Waals surface area contributed by atoms with Gasteiger partial charge in [-0.3, -0.25) is 10.1 Å². The summed E-state index contributed by atoms with van der Waals surface area (Å²) in [7, 11) is -3.78. The van der Waals surface area contributed by atoms with E-state index in [1.165, 1.54) is 12.1 Å². The van der Waals surface area contributed by atoms with Crippen LogP contribution in [0.3, 0.4) is 0 Å². The van der Waals surface area contributed by atoms with Crippen LogP contribution in [-0.4, -0.2) is 30.9 Å². The standard InChI is InChI=1S/C12H17N3O4S2/c1-20-12(5-2-6-12)8-14-21(18,19)9-3-4-10(13)11(7-9)15(16)17/h3-4,7,14H,2,5-6,8,13H2,1H3. The van der Waals surface area contributed by atoms with Gasteiger partial charge in [0.15, 0.2) is 0 Å². The monoisotopic (exact) mass is 331 g/mol. The average molecular weight is 331 g/mol. The number of hydrogen-bond acceptors (Lipinski definition) is 6. The van der Waals surface area contributed by atoms with Crippen LogP contribution in [-0.2, 0) is 10.0 Å². The van der Waals surface area contributed by atoms with Crippen molar-refractivity contribution < 1.29 is 13.3 Å². The molecule has 3 N–H and O–H groups in total. The van der Waals surface area contributed by atoms with Gasteiger partial charge < -0.3 is 5.73 Å². The van der Waals surface area contributed by atoms with Gasteiger partial charge in [-0.25, -0.2) is 13.1 Å². The molecule has 7 nitrogen and oxygen atoms in total. The molecule has 0 aliphatic heterocycles. The lowest BCUT2D eigenvalue weighted by atomic mass is 9.84. The topological polar surface area (TPSA) is 115 Å². The average Bonchev–Trinajstić information content (AvgIpc) is 2.37. The minimum Gasteiger partial charge on any atom is -0.393 e. The summed E-state index contributed by atoms with van der Waals surface area (Å²) in [6, 6.07) is 3.50. The molecule has 0 heterocycles. The summed E-state index contributed by atoms with van der Waals surface area (Å²) in [4.78, 5) is 10.00. The Kier molecular flexibility index (Phi) is 4.45. The van der Waals surface area contributed by atoms with Crippen molar-refractivity contribution in [2.24, 2.45) is 0 Å². The Morgan fingerprint density at radius 1 is 1.48 bits per heavy atom. The lowest BCUT2D eigenvalue weighted by molar-refractivity contribution is -0.384. The van der Waals surface area contributed by atoms with Crippen molar-refractivity contribution in [3.8, 4) is 0 Å². The van der Waals surface area contributed by atoms with E-state index in [0.717, 1.165) is 25.3 Å². The minimum absolute atomic E-state index is 0.0488. The van der Waals surface area contributed by atoms with E-state index in [4.69, 9.17) is 5.73 Å². The molecule has 0 bridgehead atoms. The highest BCUT2D eigenvalue weighted by atomic mass is 32.2. The van der Waals surface area contributed by atoms with Crippen molar-refractivity contribution in [1.29, 1.82) is 0 Å². The van der Waals surface area contributed by atoms with Gasteiger partial charge in [0.2, 0.25) is 10.0 Å². The normalized spacial score (nSPS) is 17.2. The first-order valence-corrected chi connectivity index (χ1v) is 9.09. The molecule has 2 rings (SSSR count). The van der Waals surface area contributed by atoms with Gasteiger partial charge in [0.1, 0.15) is 5.69 Å². The first kappa shape index (κ1) is 16.1. The predicted octanol–water partition coefficient (Wildman–Crippen LogP) is 1.74. The number of thioether (sulfide) groups is 1. The Morgan fingerprint density at radius 3 is 2.62 bits per heavy atom. The zero-order valence-corrected chi connectivity index (χ0v) is 13.2. The fourth-order valence-corrected chi connectivity index (χ4v) is 4.33. The first-order chi connectivity index (χ1) is 9.80. The molecule has 1 fully saturated rings. The SMILES string of the molecule is CSC1(CNS(=O)(=O)c2ccc(N)c([N+](=O)[O-])c2)CCC1. The molecule has 1 aliphatic carbocycles. The van der Waals surface area contributed by atoms with Crippen LogP contribution in [0.5, 0.6) is 0 Å². The summed E-state index contributed by atoms with van der Waals surface area (Å²) >= 11 is 1.65. The Balaban J connectivity index is 2.20. The molecule has 116 valence electrons. The maximum Gasteiger partial charge on any atom is 0.293 e. The van der Waals surface area contributed by atoms with E-state index < -0.39 is 20.6 Å². The molecule has 1 aromatic rings. The van der Waals surface area contributed by atoms with Gasteiger partial charge in [-0.15, -0.1) is 0 Å². The smallest absolute Gasteiger partial charge is 0.293 e. The van der Waals surface area contributed by atoms with Crippen LogP contribution in [0, 0.1) is 10.1 Å². The van der Waals surface area contributed by atoms with Gasteiger partial charge in [-0.2, -0.15) is 11.8 Å². The molecule has 1 aliphatic rings. The lowest BCUT2D eigenvalue weighted by Crippen LogP contribution is -2.45. The maximum atomic E-state index is 12.2. The molecule has 0 atom stereocenters. The summed E-state index contributed by atoms with van der Waals surface area (Å²) in [5, 5.41) is 10.8. The van der Waals surface area contributed by atoms with Gasteiger partial charge in [-0.1, -0.05) is 6.42 Å². The molecule has 0 aromatic heterocycles. The van der Waals surface area contributed by atoms with Crippen LogP contribution in [0.15, 0.2) is 23.1 Å². The summed E-state index contributed by atoms with van der Waals surface area (Å²) in [6.07, 6.45) is 4.99. The number of nitrogens with one attached hydrogen (secondary N) is 1. The number of sulfonamides is 1. The van der Waals surface area contributed by atoms with E-state index in [0.29, 0.717) is 6.54 Å². The molecule has 0 amide bonds. The molecule has 1 aromatic carbocycles. The fourth-order valence-electron chi connectivity index (χ4n) is 2.18. The number of anilines is 1. The number of nitro groups is 1. The number of hydrogen-bond donors (Lipinski definition) is 2. The van der Waals surface area contributed by atoms with Crippen LogP contribution < -0.4 is 10.5 Å². The Labute approximate surface area is 127 Å². The van der Waals surface area contributed by atoms with Crippen LogP contribution in [0.4, 0.5) is 11.4 Å². The van der Waals surface area contributed by atoms with E-state index in [2.05, 4.69) is 4.72 Å². The Morgan fingerprint density at radius 2 is 2.14 bits per heavy atom. The number of rotatable bonds is 6. The zero-order valence-electron chi connectivity index (χ0n) is 11.5. The van der Waals surface area contributed by atoms with Crippen molar-refractivity contribution >= 4 is 33.2 Å². The van der Waals surface area contributed by atoms with Crippen molar-refractivity contribution in [1.82, 2.24) is 4.72 Å². The van der Waals surface area contributed by atoms with E-state index >= 15 is 0 Å². The highest BCUT2D eigenvalue weighted by Gasteiger charge is 2.37. The molecule has 0 radical (unpaired) electrons. The molecule has 1 saturated carbocycles. The number of nitro benzene ring substituents is 1. The highest BCUT2D eigenvalue weighted by Crippen LogP contribution is 2.42. The van der Waals surface area contributed by atoms with Gasteiger partial charge >= 0.3 is 0 Å². The third-order valence-electron chi connectivity index (χ3n) is 3.79. The van der Waals surface area contributed by atoms with Gasteiger partial charge in [0.05, 0.1) is 9.82 Å². The third kappa shape index (κ3) is 3.30. The van der Waals surface area contributed by atoms with Crippen LogP contribution in [0.2, 0.25) is 0 Å². The van der Waals surface area contributed by atoms with Crippen molar-refractivity contribution in [2.45, 2.75) is 28.9 Å². The van der Waals surface area contributed by atoms with Crippen molar-refractivity contribution in [3.05, 3.63) is 28.3 Å². The quantitative estimate of drug-likeness (QED) is 0.466. The first-order valence-electron chi connectivity index (χ1n) is 6.38. The summed E-state index contributed by atoms with van der Waals surface area (Å²) in [5.41, 5.74) is 5.01. The molecular formula is C12H17N3O4S2. The van der Waals surface area contributed by atoms with Crippen molar-refractivity contribution in [3.63, 3.8) is 0 Å². The molecule has 0 spiro atoms. The number of benzene rings is 1. The summed E-state index contributed by atoms with van der Waals surface area (Å²) in [6.45, 7) is 0.328. The molecule has 0 saturated heterocycles. The highest BCUT2D eigenvalue weighted by molar-refractivity contribution is 8.00. The number of nitrogen functional groups attached to an aromatic ring is 1. The van der Waals surface area contributed by atoms with Gasteiger partial charge in [0.25, 0.3) is 5.69 Å². The number of nitrogens with zero attached hydrogens (tertiary/aromatic N) is 1. The van der Waals surface area contributed by atoms with Crippen molar-refractivity contribution in [2.75, 3.05) is 18.5 Å². The molecule has 21 heavy (non-hydrogen) atoms. The lowest BCUT2D eigenvalue weighted by Gasteiger charge is -2.40. The summed E-state index contributed by atoms with van der Waals surface area (Å²) < 4.78 is 27.0. The molecule has 0 unspecified atom stereocenters. The second-order valence-corrected chi connectivity index (χ2v) is 8.08. The second-order valence-electron chi connectivity index (χ2n) is 5.04. The van der Waals surface area contributed by atoms with Gasteiger partial charge in [0, 0.05) is 17.4 Å². The zero-order chi connectivity index (χ0) is 15.7. The largest absolute Gasteiger partial charge is 0.393 e. The van der Waals surface area contributed by atoms with Gasteiger partial charge in [-0.05, 0) is 31.2 Å². The van der Waals surface area contributed by atoms with E-state index in [9.17, 15) is 18.5 Å². The fraction of sp³-hybridized carbons (Fsp3) is 0.500. The second kappa shape index (κ2) is 5.82. The van der Waals surface area contributed by atoms with Crippen LogP contribution in [0.25, 0.3) is 0 Å². The predicted molar refractivity (Wildman–Crippen MR) is 82.8 cm³/mol. The minimum atomic E-state index is -3.78. The maximum absolute atomic E-state index is 12.2. The number of nitrogens with two attached hydrogens (primary N) is 1. The molecular weight excluding hydrogens is 314 g/mol. The van der Waals surface area contributed by atoms with E-state index in [-0.39, 0.29) is 15.3 Å². The summed E-state index contributed by atoms with van der Waals surface area (Å²) in [5.74, 6) is 0. The van der Waals surface area contributed by atoms with Crippen LogP contribution in [0.1, 0.15) is 19.3 Å². The van der Waals surface area contributed by atoms with E-state index in [1.807, 2.05) is 6.26 Å². The third-order valence-corrected chi connectivity index (χ3v) is 6.61. The van der Waals surface area contributed by atoms with E-state index in [1.54, 1.807) is 11.8 Å². The Bertz CT molecular complexity index is 651. The Hall–Kier alpha value is -1.32.